The summed E-state index contributed by atoms with van der Waals surface area (Å²) in [5.74, 6) is 0. The molecule has 0 unspecified atom stereocenters. The number of rotatable bonds is 3. The van der Waals surface area contributed by atoms with Crippen LogP contribution in [0.4, 0.5) is 0 Å². The molecule has 3 heteroatoms. The van der Waals surface area contributed by atoms with Crippen LogP contribution >= 0.6 is 0 Å². The lowest BCUT2D eigenvalue weighted by Crippen LogP contribution is -2.44. The van der Waals surface area contributed by atoms with Crippen LogP contribution in [0.2, 0.25) is 0 Å². The molecule has 0 radical (unpaired) electrons. The standard InChI is InChI=1S/C17H22N2O/c18-11-7-16-6-8-17(20-16)9-12-19(13-10-17)14-15-4-2-1-3-5-15/h1-5,16H,6-10,12-14H2/t16-/m0/s1. The van der Waals surface area contributed by atoms with Gasteiger partial charge in [0.2, 0.25) is 0 Å². The van der Waals surface area contributed by atoms with Gasteiger partial charge in [-0.05, 0) is 31.2 Å². The number of nitriles is 1. The molecule has 1 aromatic rings. The van der Waals surface area contributed by atoms with Crippen LogP contribution in [0.5, 0.6) is 0 Å². The van der Waals surface area contributed by atoms with Gasteiger partial charge in [0.1, 0.15) is 0 Å². The van der Waals surface area contributed by atoms with Gasteiger partial charge < -0.3 is 4.74 Å². The molecule has 20 heavy (non-hydrogen) atoms. The molecule has 1 spiro atoms. The van der Waals surface area contributed by atoms with E-state index in [1.807, 2.05) is 0 Å². The number of hydrogen-bond acceptors (Lipinski definition) is 3. The number of nitrogens with zero attached hydrogens (tertiary/aromatic N) is 2. The molecule has 106 valence electrons. The van der Waals surface area contributed by atoms with Crippen LogP contribution in [0, 0.1) is 11.3 Å². The van der Waals surface area contributed by atoms with Gasteiger partial charge in [-0.3, -0.25) is 4.90 Å². The van der Waals surface area contributed by atoms with Crippen molar-refractivity contribution >= 4 is 0 Å². The van der Waals surface area contributed by atoms with Gasteiger partial charge in [-0.1, -0.05) is 30.3 Å². The number of benzene rings is 1. The third kappa shape index (κ3) is 3.03. The molecule has 0 N–H and O–H groups in total. The van der Waals surface area contributed by atoms with Gasteiger partial charge in [-0.25, -0.2) is 0 Å². The fourth-order valence-corrected chi connectivity index (χ4v) is 3.47. The highest BCUT2D eigenvalue weighted by molar-refractivity contribution is 5.14. The Bertz CT molecular complexity index is 472. The topological polar surface area (TPSA) is 36.3 Å². The fraction of sp³-hybridized carbons (Fsp3) is 0.588. The molecule has 0 bridgehead atoms. The summed E-state index contributed by atoms with van der Waals surface area (Å²) in [6.45, 7) is 3.25. The molecule has 2 aliphatic rings. The molecule has 3 nitrogen and oxygen atoms in total. The number of likely N-dealkylation sites (tertiary alicyclic amines) is 1. The summed E-state index contributed by atoms with van der Waals surface area (Å²) in [7, 11) is 0. The lowest BCUT2D eigenvalue weighted by Gasteiger charge is -2.39. The van der Waals surface area contributed by atoms with Gasteiger partial charge >= 0.3 is 0 Å². The average Bonchev–Trinajstić information content (AvgIpc) is 2.86. The van der Waals surface area contributed by atoms with Gasteiger partial charge in [0, 0.05) is 19.6 Å². The Morgan fingerprint density at radius 2 is 1.95 bits per heavy atom. The molecule has 2 heterocycles. The summed E-state index contributed by atoms with van der Waals surface area (Å²) in [5.41, 5.74) is 1.47. The molecule has 0 aliphatic carbocycles. The van der Waals surface area contributed by atoms with Crippen molar-refractivity contribution in [3.8, 4) is 6.07 Å². The third-order valence-corrected chi connectivity index (χ3v) is 4.67. The van der Waals surface area contributed by atoms with Crippen LogP contribution in [0.25, 0.3) is 0 Å². The summed E-state index contributed by atoms with van der Waals surface area (Å²) in [6.07, 6.45) is 5.16. The van der Waals surface area contributed by atoms with Crippen molar-refractivity contribution in [2.75, 3.05) is 13.1 Å². The van der Waals surface area contributed by atoms with Crippen LogP contribution in [-0.4, -0.2) is 29.7 Å². The Balaban J connectivity index is 1.51. The molecule has 1 atom stereocenters. The molecule has 2 fully saturated rings. The summed E-state index contributed by atoms with van der Waals surface area (Å²) < 4.78 is 6.18. The summed E-state index contributed by atoms with van der Waals surface area (Å²) in [4.78, 5) is 2.52. The van der Waals surface area contributed by atoms with Crippen molar-refractivity contribution in [2.24, 2.45) is 0 Å². The minimum Gasteiger partial charge on any atom is -0.371 e. The van der Waals surface area contributed by atoms with Crippen LogP contribution in [0.15, 0.2) is 30.3 Å². The zero-order valence-corrected chi connectivity index (χ0v) is 11.9. The van der Waals surface area contributed by atoms with E-state index in [1.54, 1.807) is 0 Å². The summed E-state index contributed by atoms with van der Waals surface area (Å²) in [5, 5.41) is 8.78. The van der Waals surface area contributed by atoms with Crippen molar-refractivity contribution in [1.29, 1.82) is 5.26 Å². The number of ether oxygens (including phenoxy) is 1. The number of hydrogen-bond donors (Lipinski definition) is 0. The van der Waals surface area contributed by atoms with E-state index in [2.05, 4.69) is 41.3 Å². The van der Waals surface area contributed by atoms with Crippen LogP contribution in [0.1, 0.15) is 37.7 Å². The first-order valence-corrected chi connectivity index (χ1v) is 7.61. The van der Waals surface area contributed by atoms with Crippen molar-refractivity contribution < 1.29 is 4.74 Å². The highest BCUT2D eigenvalue weighted by Crippen LogP contribution is 2.39. The molecule has 1 aromatic carbocycles. The molecule has 0 amide bonds. The normalized spacial score (nSPS) is 25.6. The van der Waals surface area contributed by atoms with Gasteiger partial charge in [0.25, 0.3) is 0 Å². The lowest BCUT2D eigenvalue weighted by molar-refractivity contribution is -0.0763. The van der Waals surface area contributed by atoms with Crippen LogP contribution in [0.3, 0.4) is 0 Å². The van der Waals surface area contributed by atoms with E-state index in [4.69, 9.17) is 10.00 Å². The molecule has 0 aromatic heterocycles. The molecular weight excluding hydrogens is 248 g/mol. The van der Waals surface area contributed by atoms with Gasteiger partial charge in [0.05, 0.1) is 24.2 Å². The first kappa shape index (κ1) is 13.6. The Labute approximate surface area is 121 Å². The first-order chi connectivity index (χ1) is 9.80. The molecular formula is C17H22N2O. The van der Waals surface area contributed by atoms with Crippen LogP contribution in [-0.2, 0) is 11.3 Å². The SMILES string of the molecule is N#CC[C@@H]1CCC2(CCN(Cc3ccccc3)CC2)O1. The van der Waals surface area contributed by atoms with E-state index >= 15 is 0 Å². The minimum absolute atomic E-state index is 0.0781. The van der Waals surface area contributed by atoms with Crippen molar-refractivity contribution in [3.05, 3.63) is 35.9 Å². The van der Waals surface area contributed by atoms with E-state index in [0.717, 1.165) is 45.3 Å². The highest BCUT2D eigenvalue weighted by Gasteiger charge is 2.42. The lowest BCUT2D eigenvalue weighted by atomic mass is 9.88. The van der Waals surface area contributed by atoms with E-state index < -0.39 is 0 Å². The van der Waals surface area contributed by atoms with Gasteiger partial charge in [0.15, 0.2) is 0 Å². The molecule has 0 saturated carbocycles. The van der Waals surface area contributed by atoms with Crippen molar-refractivity contribution in [1.82, 2.24) is 4.90 Å². The maximum atomic E-state index is 8.78. The zero-order valence-electron chi connectivity index (χ0n) is 11.9. The van der Waals surface area contributed by atoms with E-state index in [-0.39, 0.29) is 11.7 Å². The van der Waals surface area contributed by atoms with Gasteiger partial charge in [-0.2, -0.15) is 5.26 Å². The monoisotopic (exact) mass is 270 g/mol. The zero-order chi connectivity index (χ0) is 13.8. The van der Waals surface area contributed by atoms with E-state index in [1.165, 1.54) is 5.56 Å². The fourth-order valence-electron chi connectivity index (χ4n) is 3.47. The Morgan fingerprint density at radius 3 is 2.65 bits per heavy atom. The maximum absolute atomic E-state index is 8.78. The Hall–Kier alpha value is -1.37. The quantitative estimate of drug-likeness (QED) is 0.846. The highest BCUT2D eigenvalue weighted by atomic mass is 16.5. The number of piperidine rings is 1. The second kappa shape index (κ2) is 5.95. The molecule has 2 saturated heterocycles. The third-order valence-electron chi connectivity index (χ3n) is 4.67. The maximum Gasteiger partial charge on any atom is 0.0713 e. The Morgan fingerprint density at radius 1 is 1.20 bits per heavy atom. The summed E-state index contributed by atoms with van der Waals surface area (Å²) >= 11 is 0. The predicted molar refractivity (Wildman–Crippen MR) is 78.0 cm³/mol. The molecule has 3 rings (SSSR count). The largest absolute Gasteiger partial charge is 0.371 e. The minimum atomic E-state index is 0.0781. The van der Waals surface area contributed by atoms with Crippen LogP contribution < -0.4 is 0 Å². The van der Waals surface area contributed by atoms with Crippen molar-refractivity contribution in [3.63, 3.8) is 0 Å². The molecule has 2 aliphatic heterocycles. The second-order valence-electron chi connectivity index (χ2n) is 6.09. The van der Waals surface area contributed by atoms with Gasteiger partial charge in [-0.15, -0.1) is 0 Å². The first-order valence-electron chi connectivity index (χ1n) is 7.61. The van der Waals surface area contributed by atoms with E-state index in [0.29, 0.717) is 6.42 Å². The Kier molecular flexibility index (Phi) is 4.05. The predicted octanol–water partition coefficient (Wildman–Crippen LogP) is 3.11. The van der Waals surface area contributed by atoms with E-state index in [9.17, 15) is 0 Å². The smallest absolute Gasteiger partial charge is 0.0713 e. The summed E-state index contributed by atoms with van der Waals surface area (Å²) in [6, 6.07) is 12.9. The second-order valence-corrected chi connectivity index (χ2v) is 6.09. The van der Waals surface area contributed by atoms with Crippen molar-refractivity contribution in [2.45, 2.75) is 50.4 Å². The average molecular weight is 270 g/mol.